The molecule has 0 bridgehead atoms. The van der Waals surface area contributed by atoms with E-state index in [0.29, 0.717) is 16.7 Å². The molecule has 4 aromatic rings. The number of thiocarbonyl (C=S) groups is 1. The lowest BCUT2D eigenvalue weighted by atomic mass is 10.0. The highest BCUT2D eigenvalue weighted by Gasteiger charge is 2.41. The maximum atomic E-state index is 12.8. The highest BCUT2D eigenvalue weighted by atomic mass is 35.5. The first-order chi connectivity index (χ1) is 17.9. The van der Waals surface area contributed by atoms with Crippen LogP contribution in [0.25, 0.3) is 11.3 Å². The van der Waals surface area contributed by atoms with Crippen LogP contribution in [0.1, 0.15) is 41.1 Å². The number of nitrogens with one attached hydrogen (secondary N) is 2. The summed E-state index contributed by atoms with van der Waals surface area (Å²) in [5.41, 5.74) is 4.56. The molecule has 37 heavy (non-hydrogen) atoms. The molecule has 188 valence electrons. The fraction of sp³-hybridized carbons (Fsp3) is 0.207. The number of aromatic nitrogens is 1. The van der Waals surface area contributed by atoms with Gasteiger partial charge in [0.15, 0.2) is 5.11 Å². The topological polar surface area (TPSA) is 70.4 Å². The van der Waals surface area contributed by atoms with Gasteiger partial charge in [0.2, 0.25) is 5.91 Å². The van der Waals surface area contributed by atoms with E-state index in [-0.39, 0.29) is 24.4 Å². The Labute approximate surface area is 226 Å². The average Bonchev–Trinajstić information content (AvgIpc) is 3.51. The van der Waals surface area contributed by atoms with Gasteiger partial charge >= 0.3 is 0 Å². The molecule has 2 aromatic carbocycles. The fourth-order valence-corrected chi connectivity index (χ4v) is 5.14. The zero-order chi connectivity index (χ0) is 25.9. The molecule has 0 aliphatic carbocycles. The van der Waals surface area contributed by atoms with E-state index in [0.717, 1.165) is 39.6 Å². The minimum atomic E-state index is -0.276. The lowest BCUT2D eigenvalue weighted by Gasteiger charge is -2.26. The van der Waals surface area contributed by atoms with Crippen molar-refractivity contribution in [3.8, 4) is 11.3 Å². The molecule has 0 radical (unpaired) electrons. The lowest BCUT2D eigenvalue weighted by molar-refractivity contribution is -0.116. The third-order valence-electron chi connectivity index (χ3n) is 6.65. The zero-order valence-electron chi connectivity index (χ0n) is 20.6. The molecular formula is C29H27ClN4O2S. The van der Waals surface area contributed by atoms with E-state index < -0.39 is 0 Å². The summed E-state index contributed by atoms with van der Waals surface area (Å²) in [5.74, 6) is 1.38. The van der Waals surface area contributed by atoms with Crippen LogP contribution in [0, 0.1) is 13.8 Å². The Hall–Kier alpha value is -3.68. The van der Waals surface area contributed by atoms with Gasteiger partial charge in [-0.25, -0.2) is 0 Å². The van der Waals surface area contributed by atoms with E-state index in [1.807, 2.05) is 91.5 Å². The number of aryl methyl sites for hydroxylation is 1. The summed E-state index contributed by atoms with van der Waals surface area (Å²) in [6, 6.07) is 22.7. The molecule has 0 saturated carbocycles. The van der Waals surface area contributed by atoms with Crippen molar-refractivity contribution in [1.29, 1.82) is 0 Å². The number of carbonyl (C=O) groups is 1. The molecular weight excluding hydrogens is 504 g/mol. The van der Waals surface area contributed by atoms with Crippen LogP contribution >= 0.6 is 23.8 Å². The highest BCUT2D eigenvalue weighted by molar-refractivity contribution is 7.80. The van der Waals surface area contributed by atoms with E-state index in [9.17, 15) is 4.79 Å². The number of rotatable bonds is 7. The van der Waals surface area contributed by atoms with Gasteiger partial charge in [-0.1, -0.05) is 48.0 Å². The van der Waals surface area contributed by atoms with Gasteiger partial charge in [0.05, 0.1) is 11.7 Å². The van der Waals surface area contributed by atoms with E-state index in [1.165, 1.54) is 0 Å². The Morgan fingerprint density at radius 3 is 2.68 bits per heavy atom. The number of amides is 1. The number of nitrogens with zero attached hydrogens (tertiary/aromatic N) is 2. The van der Waals surface area contributed by atoms with E-state index in [1.54, 1.807) is 6.20 Å². The molecule has 1 saturated heterocycles. The second-order valence-corrected chi connectivity index (χ2v) is 9.84. The second-order valence-electron chi connectivity index (χ2n) is 9.05. The van der Waals surface area contributed by atoms with Gasteiger partial charge in [0.25, 0.3) is 0 Å². The predicted octanol–water partition coefficient (Wildman–Crippen LogP) is 6.61. The van der Waals surface area contributed by atoms with E-state index in [2.05, 4.69) is 15.6 Å². The van der Waals surface area contributed by atoms with Gasteiger partial charge in [-0.2, -0.15) is 0 Å². The van der Waals surface area contributed by atoms with Gasteiger partial charge in [-0.15, -0.1) is 0 Å². The predicted molar refractivity (Wildman–Crippen MR) is 150 cm³/mol. The third-order valence-corrected chi connectivity index (χ3v) is 7.41. The monoisotopic (exact) mass is 530 g/mol. The van der Waals surface area contributed by atoms with E-state index in [4.69, 9.17) is 28.2 Å². The third kappa shape index (κ3) is 5.24. The van der Waals surface area contributed by atoms with Crippen LogP contribution in [0.3, 0.4) is 0 Å². The van der Waals surface area contributed by atoms with Gasteiger partial charge in [0, 0.05) is 35.4 Å². The fourth-order valence-electron chi connectivity index (χ4n) is 4.63. The minimum absolute atomic E-state index is 0.0770. The van der Waals surface area contributed by atoms with Gasteiger partial charge in [-0.05, 0) is 73.6 Å². The van der Waals surface area contributed by atoms with Crippen LogP contribution in [0.2, 0.25) is 5.02 Å². The lowest BCUT2D eigenvalue weighted by Crippen LogP contribution is -2.32. The summed E-state index contributed by atoms with van der Waals surface area (Å²) in [7, 11) is 0. The molecule has 2 N–H and O–H groups in total. The number of anilines is 1. The molecule has 6 nitrogen and oxygen atoms in total. The highest BCUT2D eigenvalue weighted by Crippen LogP contribution is 2.41. The summed E-state index contributed by atoms with van der Waals surface area (Å²) in [5, 5.41) is 7.65. The standard InChI is InChI=1S/C29H27ClN4O2S/c1-18-8-3-4-11-22(18)32-26(35)15-17-34-28(27(33-29(34)37)23-12-5-6-16-31-23)25-14-13-24(36-25)20-9-7-10-21(30)19(20)2/h3-14,16,27-28H,15,17H2,1-2H3,(H,32,35)(H,33,37)/t27-,28+/m0/s1. The Kier molecular flexibility index (Phi) is 7.26. The summed E-state index contributed by atoms with van der Waals surface area (Å²) < 4.78 is 6.41. The maximum Gasteiger partial charge on any atom is 0.226 e. The molecule has 1 fully saturated rings. The molecule has 5 rings (SSSR count). The molecule has 1 aliphatic heterocycles. The van der Waals surface area contributed by atoms with Crippen molar-refractivity contribution in [1.82, 2.24) is 15.2 Å². The van der Waals surface area contributed by atoms with Crippen LogP contribution in [0.5, 0.6) is 0 Å². The van der Waals surface area contributed by atoms with E-state index >= 15 is 0 Å². The van der Waals surface area contributed by atoms with Crippen molar-refractivity contribution in [2.75, 3.05) is 11.9 Å². The summed E-state index contributed by atoms with van der Waals surface area (Å²) in [6.45, 7) is 4.37. The quantitative estimate of drug-likeness (QED) is 0.262. The van der Waals surface area contributed by atoms with Crippen molar-refractivity contribution in [3.63, 3.8) is 0 Å². The van der Waals surface area contributed by atoms with Crippen molar-refractivity contribution in [3.05, 3.63) is 107 Å². The summed E-state index contributed by atoms with van der Waals surface area (Å²) >= 11 is 12.1. The number of pyridine rings is 1. The second kappa shape index (κ2) is 10.7. The Bertz CT molecular complexity index is 1440. The minimum Gasteiger partial charge on any atom is -0.459 e. The largest absolute Gasteiger partial charge is 0.459 e. The first-order valence-corrected chi connectivity index (χ1v) is 12.9. The number of para-hydroxylation sites is 1. The summed E-state index contributed by atoms with van der Waals surface area (Å²) in [4.78, 5) is 19.4. The maximum absolute atomic E-state index is 12.8. The smallest absolute Gasteiger partial charge is 0.226 e. The van der Waals surface area contributed by atoms with Crippen LogP contribution in [-0.2, 0) is 4.79 Å². The molecule has 2 atom stereocenters. The zero-order valence-corrected chi connectivity index (χ0v) is 22.1. The Morgan fingerprint density at radius 1 is 1.08 bits per heavy atom. The Morgan fingerprint density at radius 2 is 1.89 bits per heavy atom. The van der Waals surface area contributed by atoms with Crippen LogP contribution in [0.4, 0.5) is 5.69 Å². The SMILES string of the molecule is Cc1ccccc1NC(=O)CCN1C(=S)N[C@@H](c2ccccn2)[C@H]1c1ccc(-c2cccc(Cl)c2C)o1. The van der Waals surface area contributed by atoms with Gasteiger partial charge in [-0.3, -0.25) is 9.78 Å². The number of benzene rings is 2. The summed E-state index contributed by atoms with van der Waals surface area (Å²) in [6.07, 6.45) is 2.03. The molecule has 1 aliphatic rings. The van der Waals surface area contributed by atoms with Crippen molar-refractivity contribution < 1.29 is 9.21 Å². The van der Waals surface area contributed by atoms with Crippen molar-refractivity contribution in [2.45, 2.75) is 32.4 Å². The van der Waals surface area contributed by atoms with Gasteiger partial charge in [0.1, 0.15) is 17.6 Å². The molecule has 0 unspecified atom stereocenters. The van der Waals surface area contributed by atoms with Crippen molar-refractivity contribution in [2.24, 2.45) is 0 Å². The Balaban J connectivity index is 1.42. The number of hydrogen-bond donors (Lipinski definition) is 2. The van der Waals surface area contributed by atoms with Crippen molar-refractivity contribution >= 4 is 40.5 Å². The van der Waals surface area contributed by atoms with Gasteiger partial charge < -0.3 is 20.0 Å². The molecule has 2 aromatic heterocycles. The molecule has 8 heteroatoms. The molecule has 3 heterocycles. The van der Waals surface area contributed by atoms with Crippen LogP contribution in [0.15, 0.2) is 83.4 Å². The van der Waals surface area contributed by atoms with Crippen LogP contribution in [-0.4, -0.2) is 27.4 Å². The molecule has 0 spiro atoms. The first kappa shape index (κ1) is 25.0. The first-order valence-electron chi connectivity index (χ1n) is 12.1. The number of hydrogen-bond acceptors (Lipinski definition) is 4. The number of halogens is 1. The normalized spacial score (nSPS) is 17.1. The van der Waals surface area contributed by atoms with Crippen LogP contribution < -0.4 is 10.6 Å². The number of furan rings is 1. The number of carbonyl (C=O) groups excluding carboxylic acids is 1. The molecule has 1 amide bonds. The average molecular weight is 531 g/mol.